The van der Waals surface area contributed by atoms with Gasteiger partial charge in [0.2, 0.25) is 0 Å². The average Bonchev–Trinajstić information content (AvgIpc) is 2.66. The molecule has 1 heterocycles. The summed E-state index contributed by atoms with van der Waals surface area (Å²) in [5.41, 5.74) is 1.97. The molecule has 0 saturated carbocycles. The number of furan rings is 1. The first-order chi connectivity index (χ1) is 7.20. The molecule has 0 amide bonds. The van der Waals surface area contributed by atoms with Gasteiger partial charge in [0, 0.05) is 10.6 Å². The van der Waals surface area contributed by atoms with E-state index in [0.717, 1.165) is 11.1 Å². The maximum atomic E-state index is 10.5. The van der Waals surface area contributed by atoms with Crippen LogP contribution in [0.25, 0.3) is 11.3 Å². The summed E-state index contributed by atoms with van der Waals surface area (Å²) in [6, 6.07) is 8.97. The zero-order valence-electron chi connectivity index (χ0n) is 8.16. The Kier molecular flexibility index (Phi) is 2.60. The molecule has 15 heavy (non-hydrogen) atoms. The molecule has 2 rings (SSSR count). The molecule has 0 aliphatic carbocycles. The Morgan fingerprint density at radius 3 is 2.67 bits per heavy atom. The van der Waals surface area contributed by atoms with E-state index in [1.165, 1.54) is 0 Å². The Morgan fingerprint density at radius 2 is 2.07 bits per heavy atom. The minimum atomic E-state index is 0.333. The number of carbonyl (C=O) groups is 1. The van der Waals surface area contributed by atoms with Gasteiger partial charge in [-0.25, -0.2) is 0 Å². The number of hydrogen-bond donors (Lipinski definition) is 0. The fraction of sp³-hybridized carbons (Fsp3) is 0.0833. The van der Waals surface area contributed by atoms with E-state index in [-0.39, 0.29) is 0 Å². The van der Waals surface area contributed by atoms with Crippen molar-refractivity contribution in [3.05, 3.63) is 46.7 Å². The molecule has 0 N–H and O–H groups in total. The first-order valence-corrected chi connectivity index (χ1v) is 4.90. The minimum Gasteiger partial charge on any atom is -0.453 e. The lowest BCUT2D eigenvalue weighted by atomic mass is 10.1. The lowest BCUT2D eigenvalue weighted by Crippen LogP contribution is -1.80. The predicted octanol–water partition coefficient (Wildman–Crippen LogP) is 3.72. The molecule has 0 fully saturated rings. The third-order valence-electron chi connectivity index (χ3n) is 2.20. The van der Waals surface area contributed by atoms with Gasteiger partial charge in [-0.1, -0.05) is 11.6 Å². The summed E-state index contributed by atoms with van der Waals surface area (Å²) in [6.45, 7) is 1.95. The van der Waals surface area contributed by atoms with Crippen LogP contribution in [0, 0.1) is 6.92 Å². The fourth-order valence-electron chi connectivity index (χ4n) is 1.46. The SMILES string of the molecule is Cc1cc(Cl)ccc1-c1ccc(C=O)o1. The number of hydrogen-bond acceptors (Lipinski definition) is 2. The molecule has 0 unspecified atom stereocenters. The molecule has 0 atom stereocenters. The lowest BCUT2D eigenvalue weighted by Gasteiger charge is -2.02. The maximum absolute atomic E-state index is 10.5. The summed E-state index contributed by atoms with van der Waals surface area (Å²) in [5.74, 6) is 1.02. The average molecular weight is 221 g/mol. The number of rotatable bonds is 2. The first-order valence-electron chi connectivity index (χ1n) is 4.52. The van der Waals surface area contributed by atoms with Crippen LogP contribution in [0.2, 0.25) is 5.02 Å². The molecule has 0 radical (unpaired) electrons. The molecule has 3 heteroatoms. The molecular formula is C12H9ClO2. The van der Waals surface area contributed by atoms with Crippen LogP contribution >= 0.6 is 11.6 Å². The van der Waals surface area contributed by atoms with Gasteiger partial charge in [-0.2, -0.15) is 0 Å². The van der Waals surface area contributed by atoms with Crippen LogP contribution in [0.3, 0.4) is 0 Å². The number of aldehydes is 1. The van der Waals surface area contributed by atoms with Crippen molar-refractivity contribution in [1.29, 1.82) is 0 Å². The highest BCUT2D eigenvalue weighted by Gasteiger charge is 2.07. The largest absolute Gasteiger partial charge is 0.453 e. The molecular weight excluding hydrogens is 212 g/mol. The van der Waals surface area contributed by atoms with Gasteiger partial charge in [0.25, 0.3) is 0 Å². The molecule has 0 aliphatic heterocycles. The van der Waals surface area contributed by atoms with Crippen molar-refractivity contribution in [2.24, 2.45) is 0 Å². The Labute approximate surface area is 92.5 Å². The van der Waals surface area contributed by atoms with E-state index in [0.29, 0.717) is 22.8 Å². The van der Waals surface area contributed by atoms with E-state index >= 15 is 0 Å². The fourth-order valence-corrected chi connectivity index (χ4v) is 1.69. The van der Waals surface area contributed by atoms with E-state index in [1.807, 2.05) is 19.1 Å². The van der Waals surface area contributed by atoms with Crippen LogP contribution in [-0.4, -0.2) is 6.29 Å². The molecule has 2 aromatic rings. The standard InChI is InChI=1S/C12H9ClO2/c1-8-6-9(13)2-4-11(8)12-5-3-10(7-14)15-12/h2-7H,1H3. The molecule has 0 bridgehead atoms. The van der Waals surface area contributed by atoms with Crippen molar-refractivity contribution in [3.8, 4) is 11.3 Å². The van der Waals surface area contributed by atoms with Crippen molar-refractivity contribution >= 4 is 17.9 Å². The van der Waals surface area contributed by atoms with E-state index in [1.54, 1.807) is 18.2 Å². The van der Waals surface area contributed by atoms with Crippen LogP contribution in [0.4, 0.5) is 0 Å². The second-order valence-corrected chi connectivity index (χ2v) is 3.72. The minimum absolute atomic E-state index is 0.333. The summed E-state index contributed by atoms with van der Waals surface area (Å²) in [4.78, 5) is 10.5. The topological polar surface area (TPSA) is 30.2 Å². The maximum Gasteiger partial charge on any atom is 0.185 e. The zero-order chi connectivity index (χ0) is 10.8. The predicted molar refractivity (Wildman–Crippen MR) is 59.3 cm³/mol. The smallest absolute Gasteiger partial charge is 0.185 e. The van der Waals surface area contributed by atoms with E-state index in [4.69, 9.17) is 16.0 Å². The van der Waals surface area contributed by atoms with Crippen molar-refractivity contribution in [3.63, 3.8) is 0 Å². The van der Waals surface area contributed by atoms with Crippen molar-refractivity contribution in [1.82, 2.24) is 0 Å². The highest BCUT2D eigenvalue weighted by molar-refractivity contribution is 6.30. The number of halogens is 1. The number of carbonyl (C=O) groups excluding carboxylic acids is 1. The van der Waals surface area contributed by atoms with Crippen LogP contribution in [0.5, 0.6) is 0 Å². The van der Waals surface area contributed by atoms with Gasteiger partial charge in [-0.15, -0.1) is 0 Å². The number of aryl methyl sites for hydroxylation is 1. The van der Waals surface area contributed by atoms with E-state index < -0.39 is 0 Å². The van der Waals surface area contributed by atoms with Crippen LogP contribution in [-0.2, 0) is 0 Å². The van der Waals surface area contributed by atoms with Crippen molar-refractivity contribution in [2.75, 3.05) is 0 Å². The normalized spacial score (nSPS) is 10.3. The Bertz CT molecular complexity index is 500. The summed E-state index contributed by atoms with van der Waals surface area (Å²) in [7, 11) is 0. The van der Waals surface area contributed by atoms with Gasteiger partial charge in [0.1, 0.15) is 5.76 Å². The van der Waals surface area contributed by atoms with Gasteiger partial charge in [-0.05, 0) is 42.8 Å². The monoisotopic (exact) mass is 220 g/mol. The third kappa shape index (κ3) is 1.95. The molecule has 1 aromatic heterocycles. The Hall–Kier alpha value is -1.54. The lowest BCUT2D eigenvalue weighted by molar-refractivity contribution is 0.110. The molecule has 1 aromatic carbocycles. The second-order valence-electron chi connectivity index (χ2n) is 3.28. The zero-order valence-corrected chi connectivity index (χ0v) is 8.91. The number of benzene rings is 1. The summed E-state index contributed by atoms with van der Waals surface area (Å²) in [5, 5.41) is 0.693. The highest BCUT2D eigenvalue weighted by atomic mass is 35.5. The quantitative estimate of drug-likeness (QED) is 0.722. The van der Waals surface area contributed by atoms with Crippen LogP contribution in [0.1, 0.15) is 16.1 Å². The second kappa shape index (κ2) is 3.91. The molecule has 0 spiro atoms. The Balaban J connectivity index is 2.49. The van der Waals surface area contributed by atoms with Gasteiger partial charge in [0.05, 0.1) is 0 Å². The van der Waals surface area contributed by atoms with Gasteiger partial charge in [0.15, 0.2) is 12.0 Å². The molecule has 0 aliphatic rings. The van der Waals surface area contributed by atoms with Crippen molar-refractivity contribution < 1.29 is 9.21 Å². The van der Waals surface area contributed by atoms with E-state index in [9.17, 15) is 4.79 Å². The van der Waals surface area contributed by atoms with Crippen LogP contribution in [0.15, 0.2) is 34.7 Å². The Morgan fingerprint density at radius 1 is 1.27 bits per heavy atom. The third-order valence-corrected chi connectivity index (χ3v) is 2.43. The van der Waals surface area contributed by atoms with Gasteiger partial charge < -0.3 is 4.42 Å². The summed E-state index contributed by atoms with van der Waals surface area (Å²) >= 11 is 5.85. The van der Waals surface area contributed by atoms with Crippen molar-refractivity contribution in [2.45, 2.75) is 6.92 Å². The summed E-state index contributed by atoms with van der Waals surface area (Å²) < 4.78 is 5.33. The summed E-state index contributed by atoms with van der Waals surface area (Å²) in [6.07, 6.45) is 0.689. The van der Waals surface area contributed by atoms with Gasteiger partial charge >= 0.3 is 0 Å². The van der Waals surface area contributed by atoms with Crippen LogP contribution < -0.4 is 0 Å². The molecule has 0 saturated heterocycles. The van der Waals surface area contributed by atoms with Gasteiger partial charge in [-0.3, -0.25) is 4.79 Å². The molecule has 76 valence electrons. The molecule has 2 nitrogen and oxygen atoms in total. The highest BCUT2D eigenvalue weighted by Crippen LogP contribution is 2.27. The first kappa shape index (κ1) is 9.99. The van der Waals surface area contributed by atoms with E-state index in [2.05, 4.69) is 0 Å².